The zero-order valence-corrected chi connectivity index (χ0v) is 30.3. The lowest BCUT2D eigenvalue weighted by molar-refractivity contribution is -0.144. The molecule has 5 atom stereocenters. The second-order valence-corrected chi connectivity index (χ2v) is 14.3. The average molecular weight is 687 g/mol. The van der Waals surface area contributed by atoms with Gasteiger partial charge >= 0.3 is 6.09 Å². The lowest BCUT2D eigenvalue weighted by Gasteiger charge is -2.35. The lowest BCUT2D eigenvalue weighted by Crippen LogP contribution is -2.59. The van der Waals surface area contributed by atoms with Crippen molar-refractivity contribution in [1.82, 2.24) is 31.1 Å². The van der Waals surface area contributed by atoms with Crippen LogP contribution in [0, 0.1) is 17.3 Å². The molecule has 14 nitrogen and oxygen atoms in total. The first-order valence-electron chi connectivity index (χ1n) is 16.8. The van der Waals surface area contributed by atoms with E-state index in [9.17, 15) is 33.6 Å². The van der Waals surface area contributed by atoms with E-state index in [1.54, 1.807) is 72.1 Å². The Bertz CT molecular complexity index is 1340. The first-order valence-corrected chi connectivity index (χ1v) is 16.8. The first kappa shape index (κ1) is 40.7. The summed E-state index contributed by atoms with van der Waals surface area (Å²) in [5.74, 6) is -4.09. The second kappa shape index (κ2) is 18.3. The van der Waals surface area contributed by atoms with Crippen molar-refractivity contribution in [3.8, 4) is 0 Å². The number of ketones is 1. The van der Waals surface area contributed by atoms with Crippen LogP contribution in [0.15, 0.2) is 30.3 Å². The van der Waals surface area contributed by atoms with Gasteiger partial charge in [-0.15, -0.1) is 0 Å². The SMILES string of the molecule is CCCC(NC(=O)[C@@H]1C[C@H](C)CN1C(=O)[C@@H](NC(=O)OCC(C)C)C(C)(C)C)C(=O)C(=O)NCC(=O)NC(C(=O)N(C)C)c1ccccc1. The van der Waals surface area contributed by atoms with Gasteiger partial charge in [0.05, 0.1) is 19.2 Å². The summed E-state index contributed by atoms with van der Waals surface area (Å²) in [4.78, 5) is 94.4. The predicted molar refractivity (Wildman–Crippen MR) is 183 cm³/mol. The van der Waals surface area contributed by atoms with Crippen LogP contribution in [0.25, 0.3) is 0 Å². The molecule has 49 heavy (non-hydrogen) atoms. The van der Waals surface area contributed by atoms with Gasteiger partial charge in [0.2, 0.25) is 29.4 Å². The van der Waals surface area contributed by atoms with E-state index < -0.39 is 71.6 Å². The van der Waals surface area contributed by atoms with Crippen LogP contribution in [0.1, 0.15) is 79.3 Å². The van der Waals surface area contributed by atoms with E-state index >= 15 is 0 Å². The number of hydrogen-bond acceptors (Lipinski definition) is 8. The van der Waals surface area contributed by atoms with E-state index in [1.807, 2.05) is 20.8 Å². The van der Waals surface area contributed by atoms with Gasteiger partial charge < -0.3 is 35.8 Å². The van der Waals surface area contributed by atoms with Gasteiger partial charge in [0, 0.05) is 20.6 Å². The zero-order chi connectivity index (χ0) is 37.1. The third-order valence-corrected chi connectivity index (χ3v) is 7.99. The Hall–Kier alpha value is -4.49. The predicted octanol–water partition coefficient (Wildman–Crippen LogP) is 1.94. The number of nitrogens with zero attached hydrogens (tertiary/aromatic N) is 2. The van der Waals surface area contributed by atoms with Gasteiger partial charge in [-0.05, 0) is 35.7 Å². The molecule has 4 N–H and O–H groups in total. The van der Waals surface area contributed by atoms with Crippen LogP contribution < -0.4 is 21.3 Å². The minimum Gasteiger partial charge on any atom is -0.449 e. The molecule has 2 unspecified atom stereocenters. The lowest BCUT2D eigenvalue weighted by atomic mass is 9.85. The standard InChI is InChI=1S/C35H54N6O8/c1-10-14-24(28(43)31(45)36-18-26(42)38-27(32(46)40(8)9)23-15-12-11-13-16-23)37-30(44)25-17-22(4)19-41(25)33(47)29(35(5,6)7)39-34(48)49-20-21(2)3/h11-13,15-16,21-22,24-25,27,29H,10,14,17-20H2,1-9H3,(H,36,45)(H,37,44)(H,38,42)(H,39,48)/t22-,24?,25-,27?,29+/m0/s1. The molecule has 272 valence electrons. The first-order chi connectivity index (χ1) is 22.9. The molecule has 1 aromatic carbocycles. The highest BCUT2D eigenvalue weighted by Crippen LogP contribution is 2.28. The molecule has 1 saturated heterocycles. The van der Waals surface area contributed by atoms with Crippen LogP contribution in [0.3, 0.4) is 0 Å². The van der Waals surface area contributed by atoms with Crippen LogP contribution in [-0.2, 0) is 33.5 Å². The molecule has 6 amide bonds. The maximum atomic E-state index is 13.9. The van der Waals surface area contributed by atoms with Crippen molar-refractivity contribution in [3.05, 3.63) is 35.9 Å². The van der Waals surface area contributed by atoms with Crippen LogP contribution in [0.5, 0.6) is 0 Å². The molecule has 1 aliphatic heterocycles. The van der Waals surface area contributed by atoms with Crippen LogP contribution >= 0.6 is 0 Å². The van der Waals surface area contributed by atoms with Crippen molar-refractivity contribution in [1.29, 1.82) is 0 Å². The summed E-state index contributed by atoms with van der Waals surface area (Å²) in [5, 5.41) is 10.2. The summed E-state index contributed by atoms with van der Waals surface area (Å²) in [7, 11) is 3.11. The number of Topliss-reactive ketones (excluding diaryl/α,β-unsaturated/α-hetero) is 1. The highest BCUT2D eigenvalue weighted by Gasteiger charge is 2.45. The maximum Gasteiger partial charge on any atom is 0.407 e. The van der Waals surface area contributed by atoms with Crippen molar-refractivity contribution in [2.75, 3.05) is 33.8 Å². The van der Waals surface area contributed by atoms with Gasteiger partial charge in [0.25, 0.3) is 5.91 Å². The molecular formula is C35H54N6O8. The topological polar surface area (TPSA) is 183 Å². The molecule has 0 bridgehead atoms. The highest BCUT2D eigenvalue weighted by atomic mass is 16.5. The third-order valence-electron chi connectivity index (χ3n) is 7.99. The van der Waals surface area contributed by atoms with Crippen LogP contribution in [0.2, 0.25) is 0 Å². The van der Waals surface area contributed by atoms with E-state index in [-0.39, 0.29) is 37.3 Å². The number of rotatable bonds is 15. The summed E-state index contributed by atoms with van der Waals surface area (Å²) < 4.78 is 5.24. The Morgan fingerprint density at radius 2 is 1.61 bits per heavy atom. The van der Waals surface area contributed by atoms with Crippen molar-refractivity contribution in [2.24, 2.45) is 17.3 Å². The normalized spacial score (nSPS) is 17.7. The smallest absolute Gasteiger partial charge is 0.407 e. The van der Waals surface area contributed by atoms with Gasteiger partial charge in [-0.1, -0.05) is 85.2 Å². The molecule has 0 aliphatic carbocycles. The summed E-state index contributed by atoms with van der Waals surface area (Å²) >= 11 is 0. The second-order valence-electron chi connectivity index (χ2n) is 14.3. The van der Waals surface area contributed by atoms with Gasteiger partial charge in [0.15, 0.2) is 0 Å². The molecule has 1 aliphatic rings. The number of benzene rings is 1. The fourth-order valence-corrected chi connectivity index (χ4v) is 5.39. The zero-order valence-electron chi connectivity index (χ0n) is 30.3. The molecule has 1 aromatic rings. The van der Waals surface area contributed by atoms with E-state index in [2.05, 4.69) is 21.3 Å². The van der Waals surface area contributed by atoms with Crippen molar-refractivity contribution in [2.45, 2.75) is 91.9 Å². The van der Waals surface area contributed by atoms with E-state index in [0.29, 0.717) is 18.4 Å². The highest BCUT2D eigenvalue weighted by molar-refractivity contribution is 6.38. The van der Waals surface area contributed by atoms with Gasteiger partial charge in [-0.25, -0.2) is 4.79 Å². The van der Waals surface area contributed by atoms with Crippen molar-refractivity contribution < 1.29 is 38.3 Å². The number of likely N-dealkylation sites (N-methyl/N-ethyl adjacent to an activating group) is 1. The summed E-state index contributed by atoms with van der Waals surface area (Å²) in [6.45, 7) is 12.7. The van der Waals surface area contributed by atoms with E-state index in [4.69, 9.17) is 4.74 Å². The van der Waals surface area contributed by atoms with Crippen molar-refractivity contribution >= 4 is 41.4 Å². The number of hydrogen-bond donors (Lipinski definition) is 4. The van der Waals surface area contributed by atoms with Crippen molar-refractivity contribution in [3.63, 3.8) is 0 Å². The minimum absolute atomic E-state index is 0.0468. The fourth-order valence-electron chi connectivity index (χ4n) is 5.39. The summed E-state index contributed by atoms with van der Waals surface area (Å²) in [5.41, 5.74) is -0.167. The molecule has 2 rings (SSSR count). The number of carbonyl (C=O) groups excluding carboxylic acids is 7. The van der Waals surface area contributed by atoms with E-state index in [0.717, 1.165) is 0 Å². The molecule has 0 saturated carbocycles. The maximum absolute atomic E-state index is 13.9. The Morgan fingerprint density at radius 3 is 2.16 bits per heavy atom. The average Bonchev–Trinajstić information content (AvgIpc) is 3.44. The minimum atomic E-state index is -1.21. The van der Waals surface area contributed by atoms with Crippen LogP contribution in [0.4, 0.5) is 4.79 Å². The summed E-state index contributed by atoms with van der Waals surface area (Å²) in [6, 6.07) is 4.47. The monoisotopic (exact) mass is 686 g/mol. The van der Waals surface area contributed by atoms with E-state index in [1.165, 1.54) is 9.80 Å². The Balaban J connectivity index is 2.12. The molecule has 0 radical (unpaired) electrons. The Labute approximate surface area is 289 Å². The largest absolute Gasteiger partial charge is 0.449 e. The number of ether oxygens (including phenoxy) is 1. The molecular weight excluding hydrogens is 632 g/mol. The number of amides is 6. The summed E-state index contributed by atoms with van der Waals surface area (Å²) in [6.07, 6.45) is 0.179. The Kier molecular flexibility index (Phi) is 15.2. The third kappa shape index (κ3) is 12.2. The Morgan fingerprint density at radius 1 is 0.980 bits per heavy atom. The molecule has 14 heteroatoms. The number of alkyl carbamates (subject to hydrolysis) is 1. The molecule has 0 spiro atoms. The van der Waals surface area contributed by atoms with Gasteiger partial charge in [0.1, 0.15) is 18.1 Å². The molecule has 1 heterocycles. The fraction of sp³-hybridized carbons (Fsp3) is 0.629. The number of likely N-dealkylation sites (tertiary alicyclic amines) is 1. The number of carbonyl (C=O) groups is 7. The molecule has 0 aromatic heterocycles. The quantitative estimate of drug-likeness (QED) is 0.202. The van der Waals surface area contributed by atoms with Crippen LogP contribution in [-0.4, -0.2) is 103 Å². The number of nitrogens with one attached hydrogen (secondary N) is 4. The molecule has 1 fully saturated rings. The van der Waals surface area contributed by atoms with Gasteiger partial charge in [-0.2, -0.15) is 0 Å². The van der Waals surface area contributed by atoms with Gasteiger partial charge in [-0.3, -0.25) is 28.8 Å².